The Labute approximate surface area is 145 Å². The normalized spacial score (nSPS) is 12.3. The zero-order valence-electron chi connectivity index (χ0n) is 12.6. The van der Waals surface area contributed by atoms with Crippen molar-refractivity contribution in [3.63, 3.8) is 0 Å². The highest BCUT2D eigenvalue weighted by Gasteiger charge is 2.15. The van der Waals surface area contributed by atoms with Crippen molar-refractivity contribution in [3.8, 4) is 0 Å². The number of nitrogens with zero attached hydrogens (tertiary/aromatic N) is 3. The molecule has 0 aliphatic carbocycles. The monoisotopic (exact) mass is 346 g/mol. The first-order chi connectivity index (χ1) is 11.1. The third-order valence-electron chi connectivity index (χ3n) is 3.68. The van der Waals surface area contributed by atoms with E-state index in [9.17, 15) is 0 Å². The smallest absolute Gasteiger partial charge is 0.140 e. The van der Waals surface area contributed by atoms with Gasteiger partial charge in [-0.2, -0.15) is 5.10 Å². The van der Waals surface area contributed by atoms with Gasteiger partial charge in [-0.25, -0.2) is 4.98 Å². The molecule has 0 amide bonds. The van der Waals surface area contributed by atoms with Gasteiger partial charge in [-0.3, -0.25) is 10.00 Å². The fraction of sp³-hybridized carbons (Fsp3) is 0.176. The minimum atomic E-state index is -0.0114. The summed E-state index contributed by atoms with van der Waals surface area (Å²) in [5, 5.41) is 8.71. The molecule has 0 aliphatic rings. The average Bonchev–Trinajstić information content (AvgIpc) is 2.97. The topological polar surface area (TPSA) is 42.7 Å². The van der Waals surface area contributed by atoms with Crippen molar-refractivity contribution in [2.75, 3.05) is 0 Å². The van der Waals surface area contributed by atoms with Crippen LogP contribution in [-0.2, 0) is 13.6 Å². The van der Waals surface area contributed by atoms with Crippen LogP contribution in [0.25, 0.3) is 0 Å². The van der Waals surface area contributed by atoms with Crippen LogP contribution in [0.1, 0.15) is 23.0 Å². The highest BCUT2D eigenvalue weighted by molar-refractivity contribution is 6.42. The Bertz CT molecular complexity index is 786. The van der Waals surface area contributed by atoms with Gasteiger partial charge in [0.15, 0.2) is 0 Å². The number of rotatable bonds is 5. The molecule has 0 bridgehead atoms. The summed E-state index contributed by atoms with van der Waals surface area (Å²) in [7, 11) is 1.88. The van der Waals surface area contributed by atoms with E-state index >= 15 is 0 Å². The maximum absolute atomic E-state index is 6.18. The highest BCUT2D eigenvalue weighted by atomic mass is 35.5. The van der Waals surface area contributed by atoms with Gasteiger partial charge in [0.25, 0.3) is 0 Å². The van der Waals surface area contributed by atoms with Crippen molar-refractivity contribution in [1.29, 1.82) is 0 Å². The molecule has 0 saturated heterocycles. The zero-order valence-corrected chi connectivity index (χ0v) is 14.1. The van der Waals surface area contributed by atoms with Gasteiger partial charge in [-0.05, 0) is 23.3 Å². The molecule has 4 nitrogen and oxygen atoms in total. The first-order valence-electron chi connectivity index (χ1n) is 7.21. The van der Waals surface area contributed by atoms with Crippen molar-refractivity contribution in [2.45, 2.75) is 12.6 Å². The van der Waals surface area contributed by atoms with Gasteiger partial charge in [0.2, 0.25) is 0 Å². The first-order valence-corrected chi connectivity index (χ1v) is 7.97. The minimum absolute atomic E-state index is 0.0114. The zero-order chi connectivity index (χ0) is 16.2. The van der Waals surface area contributed by atoms with Gasteiger partial charge < -0.3 is 0 Å². The number of nitrogens with one attached hydrogen (secondary N) is 1. The summed E-state index contributed by atoms with van der Waals surface area (Å²) in [5.74, 6) is 0.867. The molecule has 0 spiro atoms. The van der Waals surface area contributed by atoms with Crippen LogP contribution in [0.4, 0.5) is 0 Å². The number of halogens is 2. The van der Waals surface area contributed by atoms with E-state index in [4.69, 9.17) is 23.2 Å². The van der Waals surface area contributed by atoms with E-state index in [2.05, 4.69) is 27.5 Å². The van der Waals surface area contributed by atoms with Crippen molar-refractivity contribution < 1.29 is 0 Å². The van der Waals surface area contributed by atoms with E-state index in [-0.39, 0.29) is 6.04 Å². The molecule has 23 heavy (non-hydrogen) atoms. The van der Waals surface area contributed by atoms with E-state index in [1.54, 1.807) is 11.0 Å². The number of aryl methyl sites for hydroxylation is 1. The van der Waals surface area contributed by atoms with Gasteiger partial charge in [-0.15, -0.1) is 0 Å². The summed E-state index contributed by atoms with van der Waals surface area (Å²) in [6.45, 7) is 0.594. The van der Waals surface area contributed by atoms with Crippen LogP contribution in [0.2, 0.25) is 10.0 Å². The minimum Gasteiger partial charge on any atom is -0.299 e. The second kappa shape index (κ2) is 7.13. The second-order valence-electron chi connectivity index (χ2n) is 5.20. The van der Waals surface area contributed by atoms with Crippen molar-refractivity contribution in [2.24, 2.45) is 7.05 Å². The predicted molar refractivity (Wildman–Crippen MR) is 92.6 cm³/mol. The van der Waals surface area contributed by atoms with Gasteiger partial charge in [0.05, 0.1) is 22.6 Å². The Hall–Kier alpha value is -1.88. The molecule has 3 rings (SSSR count). The average molecular weight is 347 g/mol. The summed E-state index contributed by atoms with van der Waals surface area (Å²) in [6.07, 6.45) is 1.55. The van der Waals surface area contributed by atoms with Crippen molar-refractivity contribution in [3.05, 3.63) is 81.9 Å². The summed E-state index contributed by atoms with van der Waals surface area (Å²) in [4.78, 5) is 4.25. The van der Waals surface area contributed by atoms with Crippen molar-refractivity contribution >= 4 is 23.2 Å². The summed E-state index contributed by atoms with van der Waals surface area (Å²) >= 11 is 12.2. The standard InChI is InChI=1S/C17H16Cl2N4/c1-23-16(21-11-22-23)10-20-17(12-5-3-2-4-6-12)13-7-8-14(18)15(19)9-13/h2-9,11,17,20H,10H2,1H3. The Balaban J connectivity index is 1.90. The fourth-order valence-electron chi connectivity index (χ4n) is 2.44. The van der Waals surface area contributed by atoms with Gasteiger partial charge in [-0.1, -0.05) is 59.6 Å². The number of hydrogen-bond acceptors (Lipinski definition) is 3. The molecule has 6 heteroatoms. The van der Waals surface area contributed by atoms with Crippen LogP contribution >= 0.6 is 23.2 Å². The second-order valence-corrected chi connectivity index (χ2v) is 6.01. The molecule has 118 valence electrons. The maximum Gasteiger partial charge on any atom is 0.140 e. The predicted octanol–water partition coefficient (Wildman–Crippen LogP) is 4.00. The van der Waals surface area contributed by atoms with Gasteiger partial charge >= 0.3 is 0 Å². The van der Waals surface area contributed by atoms with Crippen LogP contribution in [0.15, 0.2) is 54.9 Å². The molecule has 0 radical (unpaired) electrons. The summed E-state index contributed by atoms with van der Waals surface area (Å²) < 4.78 is 1.75. The van der Waals surface area contributed by atoms with E-state index in [1.807, 2.05) is 43.4 Å². The molecular formula is C17H16Cl2N4. The molecular weight excluding hydrogens is 331 g/mol. The van der Waals surface area contributed by atoms with Gasteiger partial charge in [0.1, 0.15) is 12.2 Å². The summed E-state index contributed by atoms with van der Waals surface area (Å²) in [6, 6.07) is 15.9. The van der Waals surface area contributed by atoms with E-state index in [0.29, 0.717) is 16.6 Å². The molecule has 0 aliphatic heterocycles. The molecule has 0 fully saturated rings. The molecule has 1 heterocycles. The number of benzene rings is 2. The van der Waals surface area contributed by atoms with Gasteiger partial charge in [0, 0.05) is 7.05 Å². The molecule has 1 atom stereocenters. The van der Waals surface area contributed by atoms with Crippen LogP contribution in [0, 0.1) is 0 Å². The van der Waals surface area contributed by atoms with Crippen LogP contribution < -0.4 is 5.32 Å². The lowest BCUT2D eigenvalue weighted by Crippen LogP contribution is -2.23. The lowest BCUT2D eigenvalue weighted by atomic mass is 9.98. The Morgan fingerprint density at radius 3 is 2.48 bits per heavy atom. The number of aromatic nitrogens is 3. The van der Waals surface area contributed by atoms with E-state index in [1.165, 1.54) is 0 Å². The van der Waals surface area contributed by atoms with Crippen LogP contribution in [0.5, 0.6) is 0 Å². The Morgan fingerprint density at radius 1 is 1.04 bits per heavy atom. The molecule has 1 unspecified atom stereocenters. The van der Waals surface area contributed by atoms with E-state index in [0.717, 1.165) is 17.0 Å². The molecule has 2 aromatic carbocycles. The molecule has 1 N–H and O–H groups in total. The summed E-state index contributed by atoms with van der Waals surface area (Å²) in [5.41, 5.74) is 2.20. The molecule has 0 saturated carbocycles. The third-order valence-corrected chi connectivity index (χ3v) is 4.42. The lowest BCUT2D eigenvalue weighted by molar-refractivity contribution is 0.562. The Kier molecular flexibility index (Phi) is 4.96. The SMILES string of the molecule is Cn1ncnc1CNC(c1ccccc1)c1ccc(Cl)c(Cl)c1. The van der Waals surface area contributed by atoms with E-state index < -0.39 is 0 Å². The lowest BCUT2D eigenvalue weighted by Gasteiger charge is -2.20. The third kappa shape index (κ3) is 3.72. The van der Waals surface area contributed by atoms with Crippen LogP contribution in [0.3, 0.4) is 0 Å². The molecule has 3 aromatic rings. The maximum atomic E-state index is 6.18. The van der Waals surface area contributed by atoms with Crippen LogP contribution in [-0.4, -0.2) is 14.8 Å². The first kappa shape index (κ1) is 16.0. The largest absolute Gasteiger partial charge is 0.299 e. The Morgan fingerprint density at radius 2 is 1.83 bits per heavy atom. The van der Waals surface area contributed by atoms with Crippen molar-refractivity contribution in [1.82, 2.24) is 20.1 Å². The fourth-order valence-corrected chi connectivity index (χ4v) is 2.75. The molecule has 1 aromatic heterocycles. The number of hydrogen-bond donors (Lipinski definition) is 1. The quantitative estimate of drug-likeness (QED) is 0.759. The highest BCUT2D eigenvalue weighted by Crippen LogP contribution is 2.29.